The highest BCUT2D eigenvalue weighted by Gasteiger charge is 2.69. The predicted molar refractivity (Wildman–Crippen MR) is 121 cm³/mol. The van der Waals surface area contributed by atoms with Gasteiger partial charge in [-0.3, -0.25) is 9.59 Å². The average molecular weight is 492 g/mol. The van der Waals surface area contributed by atoms with Crippen molar-refractivity contribution in [2.24, 2.45) is 0 Å². The topological polar surface area (TPSA) is 89.5 Å². The highest BCUT2D eigenvalue weighted by molar-refractivity contribution is 5.96. The van der Waals surface area contributed by atoms with Crippen LogP contribution in [0.25, 0.3) is 10.9 Å². The molecule has 0 atom stereocenters. The van der Waals surface area contributed by atoms with Gasteiger partial charge in [0.15, 0.2) is 0 Å². The standard InChI is InChI=1S/C25H28F3N3O4/c1-14(2)35-18-8-17(9-18)34-10-21(32)30-23-11-24(12-23,13-23)31-22(33)20-5-3-15-7-16(25(26,27)28)4-6-19(15)29-20/h3-7,14,17-18H,8-13H2,1-2H3,(H,30,32)(H,31,33)/t17-,18+,23?,24?. The first kappa shape index (κ1) is 24.0. The van der Waals surface area contributed by atoms with Crippen LogP contribution in [0, 0.1) is 0 Å². The molecular formula is C25H28F3N3O4. The van der Waals surface area contributed by atoms with E-state index in [1.54, 1.807) is 0 Å². The van der Waals surface area contributed by atoms with Crippen molar-refractivity contribution in [2.75, 3.05) is 6.61 Å². The van der Waals surface area contributed by atoms with Crippen LogP contribution in [0.2, 0.25) is 0 Å². The molecule has 0 radical (unpaired) electrons. The molecule has 0 aliphatic heterocycles. The Kier molecular flexibility index (Phi) is 5.79. The molecule has 0 spiro atoms. The second-order valence-corrected chi connectivity index (χ2v) is 10.4. The third kappa shape index (κ3) is 4.86. The number of rotatable bonds is 8. The monoisotopic (exact) mass is 491 g/mol. The lowest BCUT2D eigenvalue weighted by atomic mass is 9.44. The Morgan fingerprint density at radius 3 is 2.40 bits per heavy atom. The summed E-state index contributed by atoms with van der Waals surface area (Å²) in [6.07, 6.45) is -0.485. The number of fused-ring (bicyclic) bond motifs is 1. The number of nitrogens with one attached hydrogen (secondary N) is 2. The fourth-order valence-corrected chi connectivity index (χ4v) is 5.46. The van der Waals surface area contributed by atoms with E-state index in [-0.39, 0.29) is 53.5 Å². The summed E-state index contributed by atoms with van der Waals surface area (Å²) in [6.45, 7) is 4.00. The molecule has 0 unspecified atom stereocenters. The summed E-state index contributed by atoms with van der Waals surface area (Å²) in [6, 6.07) is 6.13. The van der Waals surface area contributed by atoms with Gasteiger partial charge in [0.25, 0.3) is 5.91 Å². The zero-order chi connectivity index (χ0) is 25.0. The molecule has 0 saturated heterocycles. The maximum Gasteiger partial charge on any atom is 0.416 e. The fraction of sp³-hybridized carbons (Fsp3) is 0.560. The van der Waals surface area contributed by atoms with Crippen LogP contribution in [0.15, 0.2) is 30.3 Å². The Bertz CT molecular complexity index is 1140. The molecule has 2 N–H and O–H groups in total. The van der Waals surface area contributed by atoms with Crippen molar-refractivity contribution in [2.45, 2.75) is 81.5 Å². The van der Waals surface area contributed by atoms with Crippen molar-refractivity contribution in [1.82, 2.24) is 15.6 Å². The lowest BCUT2D eigenvalue weighted by Gasteiger charge is -2.70. The summed E-state index contributed by atoms with van der Waals surface area (Å²) >= 11 is 0. The Morgan fingerprint density at radius 1 is 1.06 bits per heavy atom. The number of carbonyl (C=O) groups excluding carboxylic acids is 2. The Balaban J connectivity index is 1.08. The molecule has 35 heavy (non-hydrogen) atoms. The highest BCUT2D eigenvalue weighted by Crippen LogP contribution is 2.60. The van der Waals surface area contributed by atoms with Gasteiger partial charge in [-0.1, -0.05) is 6.07 Å². The van der Waals surface area contributed by atoms with Crippen LogP contribution in [0.5, 0.6) is 0 Å². The van der Waals surface area contributed by atoms with Crippen molar-refractivity contribution in [3.05, 3.63) is 41.6 Å². The number of alkyl halides is 3. The molecule has 2 aromatic rings. The summed E-state index contributed by atoms with van der Waals surface area (Å²) in [5, 5.41) is 6.33. The van der Waals surface area contributed by atoms with Gasteiger partial charge in [-0.2, -0.15) is 13.2 Å². The zero-order valence-electron chi connectivity index (χ0n) is 19.6. The van der Waals surface area contributed by atoms with Gasteiger partial charge in [0.2, 0.25) is 5.91 Å². The van der Waals surface area contributed by atoms with E-state index in [4.69, 9.17) is 9.47 Å². The van der Waals surface area contributed by atoms with Crippen molar-refractivity contribution in [3.63, 3.8) is 0 Å². The SMILES string of the molecule is CC(C)O[C@H]1C[C@@H](OCC(=O)NC23CC(NC(=O)c4ccc5cc(C(F)(F)F)ccc5n4)(C2)C3)C1. The van der Waals surface area contributed by atoms with Crippen LogP contribution >= 0.6 is 0 Å². The number of benzene rings is 1. The van der Waals surface area contributed by atoms with Crippen molar-refractivity contribution in [1.29, 1.82) is 0 Å². The molecule has 4 aliphatic carbocycles. The molecule has 4 saturated carbocycles. The summed E-state index contributed by atoms with van der Waals surface area (Å²) < 4.78 is 50.0. The van der Waals surface area contributed by atoms with Crippen molar-refractivity contribution < 1.29 is 32.2 Å². The molecule has 2 bridgehead atoms. The van der Waals surface area contributed by atoms with E-state index >= 15 is 0 Å². The maximum atomic E-state index is 12.9. The minimum absolute atomic E-state index is 0.0111. The van der Waals surface area contributed by atoms with Crippen LogP contribution in [-0.2, 0) is 20.4 Å². The lowest BCUT2D eigenvalue weighted by molar-refractivity contribution is -0.154. The average Bonchev–Trinajstić information content (AvgIpc) is 2.71. The number of ether oxygens (including phenoxy) is 2. The first-order chi connectivity index (χ1) is 16.4. The minimum atomic E-state index is -4.44. The van der Waals surface area contributed by atoms with Gasteiger partial charge < -0.3 is 20.1 Å². The van der Waals surface area contributed by atoms with E-state index in [0.717, 1.165) is 25.0 Å². The Hall–Kier alpha value is -2.72. The summed E-state index contributed by atoms with van der Waals surface area (Å²) in [5.74, 6) is -0.537. The van der Waals surface area contributed by atoms with E-state index in [1.165, 1.54) is 18.2 Å². The van der Waals surface area contributed by atoms with Crippen molar-refractivity contribution in [3.8, 4) is 0 Å². The first-order valence-corrected chi connectivity index (χ1v) is 11.8. The smallest absolute Gasteiger partial charge is 0.375 e. The fourth-order valence-electron chi connectivity index (χ4n) is 5.46. The van der Waals surface area contributed by atoms with E-state index in [9.17, 15) is 22.8 Å². The van der Waals surface area contributed by atoms with Gasteiger partial charge in [-0.05, 0) is 70.2 Å². The number of nitrogens with zero attached hydrogens (tertiary/aromatic N) is 1. The number of carbonyl (C=O) groups is 2. The number of hydrogen-bond acceptors (Lipinski definition) is 5. The summed E-state index contributed by atoms with van der Waals surface area (Å²) in [4.78, 5) is 29.2. The lowest BCUT2D eigenvalue weighted by Crippen LogP contribution is -2.84. The molecule has 10 heteroatoms. The first-order valence-electron chi connectivity index (χ1n) is 11.8. The third-order valence-corrected chi connectivity index (χ3v) is 7.03. The maximum absolute atomic E-state index is 12.9. The van der Waals surface area contributed by atoms with Gasteiger partial charge in [0, 0.05) is 16.5 Å². The molecule has 1 heterocycles. The molecular weight excluding hydrogens is 463 g/mol. The Morgan fingerprint density at radius 2 is 1.74 bits per heavy atom. The molecule has 7 nitrogen and oxygen atoms in total. The third-order valence-electron chi connectivity index (χ3n) is 7.03. The van der Waals surface area contributed by atoms with E-state index in [1.807, 2.05) is 13.8 Å². The summed E-state index contributed by atoms with van der Waals surface area (Å²) in [5.41, 5.74) is -0.972. The van der Waals surface area contributed by atoms with Gasteiger partial charge >= 0.3 is 6.18 Å². The van der Waals surface area contributed by atoms with Gasteiger partial charge in [0.05, 0.1) is 29.4 Å². The second-order valence-electron chi connectivity index (χ2n) is 10.4. The molecule has 4 fully saturated rings. The normalized spacial score (nSPS) is 29.2. The minimum Gasteiger partial charge on any atom is -0.375 e. The molecule has 188 valence electrons. The Labute approximate surface area is 200 Å². The number of hydrogen-bond donors (Lipinski definition) is 2. The number of halogens is 3. The van der Waals surface area contributed by atoms with E-state index in [0.29, 0.717) is 30.2 Å². The van der Waals surface area contributed by atoms with Gasteiger partial charge in [-0.15, -0.1) is 0 Å². The van der Waals surface area contributed by atoms with Gasteiger partial charge in [-0.25, -0.2) is 4.98 Å². The van der Waals surface area contributed by atoms with E-state index in [2.05, 4.69) is 15.6 Å². The van der Waals surface area contributed by atoms with Gasteiger partial charge in [0.1, 0.15) is 12.3 Å². The second kappa shape index (κ2) is 8.44. The van der Waals surface area contributed by atoms with Crippen LogP contribution in [0.4, 0.5) is 13.2 Å². The number of aromatic nitrogens is 1. The largest absolute Gasteiger partial charge is 0.416 e. The van der Waals surface area contributed by atoms with Crippen LogP contribution in [0.1, 0.15) is 62.0 Å². The summed E-state index contributed by atoms with van der Waals surface area (Å²) in [7, 11) is 0. The molecule has 2 amide bonds. The number of pyridine rings is 1. The number of amides is 2. The molecule has 4 aliphatic rings. The molecule has 6 rings (SSSR count). The zero-order valence-corrected chi connectivity index (χ0v) is 19.6. The molecule has 1 aromatic carbocycles. The van der Waals surface area contributed by atoms with Crippen LogP contribution < -0.4 is 10.6 Å². The van der Waals surface area contributed by atoms with E-state index < -0.39 is 11.7 Å². The van der Waals surface area contributed by atoms with Crippen molar-refractivity contribution >= 4 is 22.7 Å². The quantitative estimate of drug-likeness (QED) is 0.587. The van der Waals surface area contributed by atoms with Crippen LogP contribution in [-0.4, -0.2) is 52.8 Å². The highest BCUT2D eigenvalue weighted by atomic mass is 19.4. The molecule has 1 aromatic heterocycles. The predicted octanol–water partition coefficient (Wildman–Crippen LogP) is 3.75. The van der Waals surface area contributed by atoms with Crippen LogP contribution in [0.3, 0.4) is 0 Å².